The van der Waals surface area contributed by atoms with E-state index in [2.05, 4.69) is 15.0 Å². The maximum Gasteiger partial charge on any atom is 0.471 e. The molecule has 7 nitrogen and oxygen atoms in total. The number of hydrogen-bond acceptors (Lipinski definition) is 6. The number of pyridine rings is 1. The van der Waals surface area contributed by atoms with E-state index in [1.54, 1.807) is 18.2 Å². The zero-order chi connectivity index (χ0) is 17.5. The molecule has 0 saturated heterocycles. The van der Waals surface area contributed by atoms with Crippen LogP contribution in [-0.2, 0) is 19.1 Å². The van der Waals surface area contributed by atoms with Gasteiger partial charge in [0.05, 0.1) is 13.7 Å². The van der Waals surface area contributed by atoms with Gasteiger partial charge in [-0.05, 0) is 12.1 Å². The first kappa shape index (κ1) is 18.4. The van der Waals surface area contributed by atoms with Gasteiger partial charge in [-0.1, -0.05) is 6.07 Å². The van der Waals surface area contributed by atoms with E-state index in [0.717, 1.165) is 7.11 Å². The van der Waals surface area contributed by atoms with Crippen molar-refractivity contribution in [2.24, 2.45) is 0 Å². The normalized spacial score (nSPS) is 12.2. The molecule has 1 amide bonds. The highest BCUT2D eigenvalue weighted by Gasteiger charge is 2.41. The van der Waals surface area contributed by atoms with Gasteiger partial charge in [-0.2, -0.15) is 13.2 Å². The van der Waals surface area contributed by atoms with Crippen LogP contribution in [0.15, 0.2) is 24.4 Å². The fourth-order valence-corrected chi connectivity index (χ4v) is 1.53. The Morgan fingerprint density at radius 2 is 2.00 bits per heavy atom. The van der Waals surface area contributed by atoms with Gasteiger partial charge >= 0.3 is 18.1 Å². The average molecular weight is 333 g/mol. The molecule has 10 heteroatoms. The van der Waals surface area contributed by atoms with E-state index in [0.29, 0.717) is 5.82 Å². The predicted molar refractivity (Wildman–Crippen MR) is 72.4 cm³/mol. The quantitative estimate of drug-likeness (QED) is 0.712. The summed E-state index contributed by atoms with van der Waals surface area (Å²) in [5.74, 6) is -3.68. The van der Waals surface area contributed by atoms with E-state index < -0.39 is 36.3 Å². The van der Waals surface area contributed by atoms with Crippen LogP contribution in [-0.4, -0.2) is 48.5 Å². The largest absolute Gasteiger partial charge is 0.471 e. The Morgan fingerprint density at radius 3 is 2.52 bits per heavy atom. The molecule has 0 aliphatic carbocycles. The van der Waals surface area contributed by atoms with Gasteiger partial charge in [0.1, 0.15) is 11.9 Å². The Hall–Kier alpha value is -2.65. The van der Waals surface area contributed by atoms with Crippen molar-refractivity contribution in [1.29, 1.82) is 0 Å². The van der Waals surface area contributed by atoms with Crippen LogP contribution in [0.3, 0.4) is 0 Å². The lowest BCUT2D eigenvalue weighted by Crippen LogP contribution is -2.48. The average Bonchev–Trinajstić information content (AvgIpc) is 2.51. The summed E-state index contributed by atoms with van der Waals surface area (Å²) in [5.41, 5.74) is 0. The molecule has 1 atom stereocenters. The van der Waals surface area contributed by atoms with Crippen LogP contribution in [0.5, 0.6) is 0 Å². The zero-order valence-electron chi connectivity index (χ0n) is 12.0. The van der Waals surface area contributed by atoms with Crippen molar-refractivity contribution in [3.8, 4) is 0 Å². The van der Waals surface area contributed by atoms with Crippen molar-refractivity contribution >= 4 is 23.5 Å². The van der Waals surface area contributed by atoms with Gasteiger partial charge < -0.3 is 15.4 Å². The Kier molecular flexibility index (Phi) is 6.49. The van der Waals surface area contributed by atoms with Gasteiger partial charge in [-0.3, -0.25) is 9.59 Å². The summed E-state index contributed by atoms with van der Waals surface area (Å²) in [6, 6.07) is 3.19. The van der Waals surface area contributed by atoms with Gasteiger partial charge in [0.15, 0.2) is 5.78 Å². The maximum absolute atomic E-state index is 12.2. The third-order valence-electron chi connectivity index (χ3n) is 2.61. The number of nitrogens with zero attached hydrogens (tertiary/aromatic N) is 1. The first-order valence-corrected chi connectivity index (χ1v) is 6.36. The fourth-order valence-electron chi connectivity index (χ4n) is 1.53. The van der Waals surface area contributed by atoms with Crippen molar-refractivity contribution in [2.45, 2.75) is 18.6 Å². The number of carbonyl (C=O) groups excluding carboxylic acids is 3. The zero-order valence-corrected chi connectivity index (χ0v) is 12.0. The molecule has 1 aromatic rings. The standard InChI is InChI=1S/C13H14F3N3O4/c1-23-11(21)9(19-12(22)13(14,15)16)6-8(20)7-18-10-4-2-3-5-17-10/h2-5,9H,6-7H2,1H3,(H,17,18)(H,19,22)/t9-/m0/s1. The maximum atomic E-state index is 12.2. The molecule has 1 aromatic heterocycles. The van der Waals surface area contributed by atoms with Crippen LogP contribution >= 0.6 is 0 Å². The fraction of sp³-hybridized carbons (Fsp3) is 0.385. The molecule has 0 unspecified atom stereocenters. The van der Waals surface area contributed by atoms with Crippen LogP contribution in [0.25, 0.3) is 0 Å². The molecule has 0 bridgehead atoms. The Morgan fingerprint density at radius 1 is 1.30 bits per heavy atom. The molecule has 23 heavy (non-hydrogen) atoms. The second-order valence-electron chi connectivity index (χ2n) is 4.36. The molecule has 0 saturated carbocycles. The molecule has 0 fully saturated rings. The summed E-state index contributed by atoms with van der Waals surface area (Å²) in [6.07, 6.45) is -4.33. The number of ether oxygens (including phenoxy) is 1. The van der Waals surface area contributed by atoms with Gasteiger partial charge in [0, 0.05) is 12.6 Å². The number of esters is 1. The van der Waals surface area contributed by atoms with Crippen LogP contribution in [0.4, 0.5) is 19.0 Å². The number of methoxy groups -OCH3 is 1. The number of amides is 1. The summed E-state index contributed by atoms with van der Waals surface area (Å²) in [5, 5.41) is 4.08. The number of ketones is 1. The van der Waals surface area contributed by atoms with Crippen molar-refractivity contribution in [3.05, 3.63) is 24.4 Å². The lowest BCUT2D eigenvalue weighted by Gasteiger charge is -2.17. The first-order chi connectivity index (χ1) is 10.7. The van der Waals surface area contributed by atoms with Gasteiger partial charge in [-0.15, -0.1) is 0 Å². The number of hydrogen-bond donors (Lipinski definition) is 2. The summed E-state index contributed by atoms with van der Waals surface area (Å²) >= 11 is 0. The molecule has 2 N–H and O–H groups in total. The minimum Gasteiger partial charge on any atom is -0.467 e. The minimum atomic E-state index is -5.17. The smallest absolute Gasteiger partial charge is 0.467 e. The second kappa shape index (κ2) is 8.11. The number of rotatable bonds is 7. The number of halogens is 3. The Labute approximate surface area is 129 Å². The molecule has 126 valence electrons. The van der Waals surface area contributed by atoms with Gasteiger partial charge in [0.25, 0.3) is 0 Å². The Bertz CT molecular complexity index is 563. The van der Waals surface area contributed by atoms with Gasteiger partial charge in [-0.25, -0.2) is 9.78 Å². The van der Waals surface area contributed by atoms with Crippen molar-refractivity contribution < 1.29 is 32.3 Å². The van der Waals surface area contributed by atoms with E-state index >= 15 is 0 Å². The van der Waals surface area contributed by atoms with E-state index in [4.69, 9.17) is 0 Å². The van der Waals surface area contributed by atoms with E-state index in [1.165, 1.54) is 11.5 Å². The number of alkyl halides is 3. The van der Waals surface area contributed by atoms with Crippen LogP contribution in [0.2, 0.25) is 0 Å². The van der Waals surface area contributed by atoms with E-state index in [1.807, 2.05) is 0 Å². The topological polar surface area (TPSA) is 97.4 Å². The monoisotopic (exact) mass is 333 g/mol. The number of nitrogens with one attached hydrogen (secondary N) is 2. The number of Topliss-reactive ketones (excluding diaryl/α,β-unsaturated/α-hetero) is 1. The Balaban J connectivity index is 2.61. The van der Waals surface area contributed by atoms with Crippen LogP contribution in [0, 0.1) is 0 Å². The highest BCUT2D eigenvalue weighted by Crippen LogP contribution is 2.15. The lowest BCUT2D eigenvalue weighted by molar-refractivity contribution is -0.175. The van der Waals surface area contributed by atoms with Crippen molar-refractivity contribution in [3.63, 3.8) is 0 Å². The lowest BCUT2D eigenvalue weighted by atomic mass is 10.1. The highest BCUT2D eigenvalue weighted by molar-refractivity contribution is 5.92. The minimum absolute atomic E-state index is 0.271. The first-order valence-electron chi connectivity index (χ1n) is 6.36. The third-order valence-corrected chi connectivity index (χ3v) is 2.61. The molecule has 0 spiro atoms. The number of anilines is 1. The van der Waals surface area contributed by atoms with Gasteiger partial charge in [0.2, 0.25) is 0 Å². The summed E-state index contributed by atoms with van der Waals surface area (Å²) < 4.78 is 40.9. The SMILES string of the molecule is COC(=O)[C@H](CC(=O)CNc1ccccn1)NC(=O)C(F)(F)F. The predicted octanol–water partition coefficient (Wildman–Crippen LogP) is 0.673. The highest BCUT2D eigenvalue weighted by atomic mass is 19.4. The molecular formula is C13H14F3N3O4. The summed E-state index contributed by atoms with van der Waals surface area (Å²) in [4.78, 5) is 37.9. The van der Waals surface area contributed by atoms with Crippen LogP contribution < -0.4 is 10.6 Å². The van der Waals surface area contributed by atoms with Crippen LogP contribution in [0.1, 0.15) is 6.42 Å². The molecule has 0 radical (unpaired) electrons. The molecule has 0 aromatic carbocycles. The number of carbonyl (C=O) groups is 3. The number of aromatic nitrogens is 1. The van der Waals surface area contributed by atoms with Crippen molar-refractivity contribution in [2.75, 3.05) is 19.0 Å². The summed E-state index contributed by atoms with van der Waals surface area (Å²) in [7, 11) is 0.936. The molecule has 0 aliphatic heterocycles. The van der Waals surface area contributed by atoms with Crippen molar-refractivity contribution in [1.82, 2.24) is 10.3 Å². The third kappa shape index (κ3) is 6.32. The van der Waals surface area contributed by atoms with E-state index in [-0.39, 0.29) is 6.54 Å². The second-order valence-corrected chi connectivity index (χ2v) is 4.36. The molecular weight excluding hydrogens is 319 g/mol. The summed E-state index contributed by atoms with van der Waals surface area (Å²) in [6.45, 7) is -0.271. The molecule has 1 rings (SSSR count). The van der Waals surface area contributed by atoms with E-state index in [9.17, 15) is 27.6 Å². The molecule has 1 heterocycles. The molecule has 0 aliphatic rings.